The maximum absolute atomic E-state index is 14.7. The molecule has 25 heavy (non-hydrogen) atoms. The minimum atomic E-state index is -0.671. The predicted molar refractivity (Wildman–Crippen MR) is 91.1 cm³/mol. The number of benzene rings is 1. The second kappa shape index (κ2) is 7.68. The summed E-state index contributed by atoms with van der Waals surface area (Å²) < 4.78 is 29.2. The second-order valence-corrected chi connectivity index (χ2v) is 7.24. The van der Waals surface area contributed by atoms with Crippen LogP contribution in [0, 0.1) is 24.5 Å². The zero-order chi connectivity index (χ0) is 18.0. The number of hydrogen-bond donors (Lipinski definition) is 2. The Hall–Kier alpha value is -1.69. The number of hydrogen-bond acceptors (Lipinski definition) is 2. The number of halogens is 2. The third-order valence-electron chi connectivity index (χ3n) is 5.63. The number of aryl methyl sites for hydroxylation is 1. The number of rotatable bonds is 4. The average molecular weight is 352 g/mol. The topological polar surface area (TPSA) is 52.6 Å². The zero-order valence-electron chi connectivity index (χ0n) is 14.6. The highest BCUT2D eigenvalue weighted by molar-refractivity contribution is 5.75. The Morgan fingerprint density at radius 1 is 1.28 bits per heavy atom. The van der Waals surface area contributed by atoms with Gasteiger partial charge in [0.1, 0.15) is 11.6 Å². The van der Waals surface area contributed by atoms with Gasteiger partial charge in [-0.05, 0) is 50.2 Å². The van der Waals surface area contributed by atoms with Crippen molar-refractivity contribution in [3.63, 3.8) is 0 Å². The lowest BCUT2D eigenvalue weighted by molar-refractivity contribution is 0.151. The smallest absolute Gasteiger partial charge is 0.318 e. The van der Waals surface area contributed by atoms with Gasteiger partial charge in [0.15, 0.2) is 0 Å². The van der Waals surface area contributed by atoms with Crippen LogP contribution in [0.4, 0.5) is 13.6 Å². The first-order valence-corrected chi connectivity index (χ1v) is 9.15. The van der Waals surface area contributed by atoms with Crippen LogP contribution in [0.25, 0.3) is 0 Å². The summed E-state index contributed by atoms with van der Waals surface area (Å²) in [6, 6.07) is 1.47. The minimum Gasteiger partial charge on any atom is -0.394 e. The number of aliphatic hydroxyl groups excluding tert-OH is 1. The Bertz CT molecular complexity index is 632. The molecular formula is C19H26F2N2O2. The minimum absolute atomic E-state index is 0.0278. The molecule has 1 aliphatic carbocycles. The number of carbonyl (C=O) groups excluding carboxylic acids is 1. The van der Waals surface area contributed by atoms with Crippen molar-refractivity contribution in [2.24, 2.45) is 5.92 Å². The lowest BCUT2D eigenvalue weighted by Crippen LogP contribution is -2.46. The molecule has 0 aromatic heterocycles. The first-order valence-electron chi connectivity index (χ1n) is 9.15. The van der Waals surface area contributed by atoms with E-state index in [4.69, 9.17) is 0 Å². The molecular weight excluding hydrogens is 326 g/mol. The molecule has 1 saturated heterocycles. The van der Waals surface area contributed by atoms with Crippen molar-refractivity contribution in [2.45, 2.75) is 57.5 Å². The van der Waals surface area contributed by atoms with Crippen LogP contribution in [0.5, 0.6) is 0 Å². The normalized spacial score (nSPS) is 22.4. The van der Waals surface area contributed by atoms with Crippen LogP contribution in [-0.4, -0.2) is 35.2 Å². The van der Waals surface area contributed by atoms with Crippen LogP contribution in [-0.2, 0) is 0 Å². The van der Waals surface area contributed by atoms with Gasteiger partial charge < -0.3 is 15.3 Å². The van der Waals surface area contributed by atoms with E-state index in [9.17, 15) is 18.7 Å². The van der Waals surface area contributed by atoms with Crippen LogP contribution >= 0.6 is 0 Å². The molecule has 2 amide bonds. The molecule has 2 fully saturated rings. The van der Waals surface area contributed by atoms with Crippen molar-refractivity contribution in [2.75, 3.05) is 13.2 Å². The van der Waals surface area contributed by atoms with Gasteiger partial charge in [-0.2, -0.15) is 0 Å². The molecule has 3 rings (SSSR count). The standard InChI is InChI=1S/C19H26F2N2O2/c1-12-8-9-15(20)16(17(12)21)18(13-5-2-3-6-13)22-19(25)23-10-4-7-14(23)11-24/h8-9,13-14,18,24H,2-7,10-11H2,1H3,(H,22,25). The summed E-state index contributed by atoms with van der Waals surface area (Å²) in [7, 11) is 0. The third-order valence-corrected chi connectivity index (χ3v) is 5.63. The number of amides is 2. The lowest BCUT2D eigenvalue weighted by atomic mass is 9.90. The molecule has 1 aromatic carbocycles. The Morgan fingerprint density at radius 3 is 2.68 bits per heavy atom. The van der Waals surface area contributed by atoms with E-state index < -0.39 is 17.7 Å². The van der Waals surface area contributed by atoms with Gasteiger partial charge in [0.05, 0.1) is 18.7 Å². The Morgan fingerprint density at radius 2 is 2.00 bits per heavy atom. The van der Waals surface area contributed by atoms with E-state index in [1.807, 2.05) is 0 Å². The van der Waals surface area contributed by atoms with Gasteiger partial charge in [-0.15, -0.1) is 0 Å². The quantitative estimate of drug-likeness (QED) is 0.869. The largest absolute Gasteiger partial charge is 0.394 e. The SMILES string of the molecule is Cc1ccc(F)c(C(NC(=O)N2CCCC2CO)C2CCCC2)c1F. The first kappa shape index (κ1) is 18.1. The van der Waals surface area contributed by atoms with E-state index in [1.54, 1.807) is 11.8 Å². The number of aliphatic hydroxyl groups is 1. The highest BCUT2D eigenvalue weighted by Crippen LogP contribution is 2.38. The van der Waals surface area contributed by atoms with Gasteiger partial charge in [-0.25, -0.2) is 13.6 Å². The lowest BCUT2D eigenvalue weighted by Gasteiger charge is -2.30. The van der Waals surface area contributed by atoms with E-state index >= 15 is 0 Å². The summed E-state index contributed by atoms with van der Waals surface area (Å²) in [5, 5.41) is 12.3. The molecule has 2 N–H and O–H groups in total. The molecule has 0 bridgehead atoms. The number of nitrogens with one attached hydrogen (secondary N) is 1. The van der Waals surface area contributed by atoms with Crippen molar-refractivity contribution in [1.82, 2.24) is 10.2 Å². The molecule has 2 unspecified atom stereocenters. The van der Waals surface area contributed by atoms with E-state index in [0.29, 0.717) is 12.1 Å². The predicted octanol–water partition coefficient (Wildman–Crippen LogP) is 3.67. The molecule has 1 aliphatic heterocycles. The summed E-state index contributed by atoms with van der Waals surface area (Å²) >= 11 is 0. The van der Waals surface area contributed by atoms with Crippen LogP contribution in [0.3, 0.4) is 0 Å². The Labute approximate surface area is 147 Å². The maximum atomic E-state index is 14.7. The third kappa shape index (κ3) is 3.64. The number of nitrogens with zero attached hydrogens (tertiary/aromatic N) is 1. The molecule has 1 heterocycles. The molecule has 4 nitrogen and oxygen atoms in total. The number of likely N-dealkylation sites (tertiary alicyclic amines) is 1. The Kier molecular flexibility index (Phi) is 5.57. The summed E-state index contributed by atoms with van der Waals surface area (Å²) in [5.41, 5.74) is 0.350. The monoisotopic (exact) mass is 352 g/mol. The molecule has 2 aliphatic rings. The molecule has 1 aromatic rings. The fourth-order valence-corrected chi connectivity index (χ4v) is 4.19. The van der Waals surface area contributed by atoms with Gasteiger partial charge >= 0.3 is 6.03 Å². The Balaban J connectivity index is 1.88. The maximum Gasteiger partial charge on any atom is 0.318 e. The van der Waals surface area contributed by atoms with Crippen LogP contribution in [0.15, 0.2) is 12.1 Å². The van der Waals surface area contributed by atoms with Crippen LogP contribution < -0.4 is 5.32 Å². The fourth-order valence-electron chi connectivity index (χ4n) is 4.19. The van der Waals surface area contributed by atoms with Crippen molar-refractivity contribution < 1.29 is 18.7 Å². The van der Waals surface area contributed by atoms with Crippen LogP contribution in [0.2, 0.25) is 0 Å². The molecule has 138 valence electrons. The number of urea groups is 1. The second-order valence-electron chi connectivity index (χ2n) is 7.24. The van der Waals surface area contributed by atoms with Gasteiger partial charge in [-0.1, -0.05) is 18.9 Å². The first-order chi connectivity index (χ1) is 12.0. The molecule has 1 saturated carbocycles. The molecule has 0 spiro atoms. The summed E-state index contributed by atoms with van der Waals surface area (Å²) in [6.07, 6.45) is 5.30. The summed E-state index contributed by atoms with van der Waals surface area (Å²) in [4.78, 5) is 14.3. The van der Waals surface area contributed by atoms with Crippen LogP contribution in [0.1, 0.15) is 55.7 Å². The van der Waals surface area contributed by atoms with Crippen molar-refractivity contribution in [3.8, 4) is 0 Å². The van der Waals surface area contributed by atoms with E-state index in [-0.39, 0.29) is 30.2 Å². The van der Waals surface area contributed by atoms with Gasteiger partial charge in [0.2, 0.25) is 0 Å². The molecule has 2 atom stereocenters. The zero-order valence-corrected chi connectivity index (χ0v) is 14.6. The number of carbonyl (C=O) groups is 1. The summed E-state index contributed by atoms with van der Waals surface area (Å²) in [6.45, 7) is 2.08. The molecule has 6 heteroatoms. The van der Waals surface area contributed by atoms with E-state index in [2.05, 4.69) is 5.32 Å². The van der Waals surface area contributed by atoms with E-state index in [0.717, 1.165) is 38.5 Å². The van der Waals surface area contributed by atoms with Gasteiger partial charge in [-0.3, -0.25) is 0 Å². The average Bonchev–Trinajstić information content (AvgIpc) is 3.28. The summed E-state index contributed by atoms with van der Waals surface area (Å²) in [5.74, 6) is -1.15. The van der Waals surface area contributed by atoms with Gasteiger partial charge in [0.25, 0.3) is 0 Å². The van der Waals surface area contributed by atoms with Crippen molar-refractivity contribution in [1.29, 1.82) is 0 Å². The van der Waals surface area contributed by atoms with Gasteiger partial charge in [0, 0.05) is 12.1 Å². The van der Waals surface area contributed by atoms with Crippen molar-refractivity contribution >= 4 is 6.03 Å². The van der Waals surface area contributed by atoms with Crippen molar-refractivity contribution in [3.05, 3.63) is 34.9 Å². The molecule has 0 radical (unpaired) electrons. The fraction of sp³-hybridized carbons (Fsp3) is 0.632. The van der Waals surface area contributed by atoms with E-state index in [1.165, 1.54) is 12.1 Å². The highest BCUT2D eigenvalue weighted by Gasteiger charge is 2.35. The highest BCUT2D eigenvalue weighted by atomic mass is 19.1.